The van der Waals surface area contributed by atoms with E-state index in [1.165, 1.54) is 5.69 Å². The molecule has 0 radical (unpaired) electrons. The minimum absolute atomic E-state index is 0.167. The van der Waals surface area contributed by atoms with Gasteiger partial charge in [-0.3, -0.25) is 4.79 Å². The second-order valence-corrected chi connectivity index (χ2v) is 9.43. The van der Waals surface area contributed by atoms with Gasteiger partial charge in [0.2, 0.25) is 0 Å². The number of nitrogens with two attached hydrogens (primary N) is 1. The van der Waals surface area contributed by atoms with Crippen molar-refractivity contribution in [2.75, 3.05) is 20.1 Å². The third kappa shape index (κ3) is 4.74. The lowest BCUT2D eigenvalue weighted by Gasteiger charge is -2.44. The molecule has 180 valence electrons. The van der Waals surface area contributed by atoms with Gasteiger partial charge in [0.1, 0.15) is 17.8 Å². The van der Waals surface area contributed by atoms with Gasteiger partial charge in [-0.2, -0.15) is 0 Å². The molecule has 6 heteroatoms. The van der Waals surface area contributed by atoms with Crippen LogP contribution in [0.25, 0.3) is 5.69 Å². The number of ether oxygens (including phenoxy) is 2. The maximum absolute atomic E-state index is 10.5. The number of para-hydroxylation sites is 2. The molecule has 0 bridgehead atoms. The van der Waals surface area contributed by atoms with Crippen molar-refractivity contribution in [3.63, 3.8) is 0 Å². The number of aldehydes is 1. The van der Waals surface area contributed by atoms with Crippen molar-refractivity contribution in [1.29, 1.82) is 0 Å². The van der Waals surface area contributed by atoms with Gasteiger partial charge >= 0.3 is 0 Å². The van der Waals surface area contributed by atoms with E-state index in [2.05, 4.69) is 46.8 Å². The van der Waals surface area contributed by atoms with E-state index in [1.807, 2.05) is 39.0 Å². The van der Waals surface area contributed by atoms with Crippen LogP contribution in [0.4, 0.5) is 0 Å². The third-order valence-corrected chi connectivity index (χ3v) is 6.54. The maximum atomic E-state index is 10.5. The molecule has 1 fully saturated rings. The Morgan fingerprint density at radius 2 is 1.85 bits per heavy atom. The summed E-state index contributed by atoms with van der Waals surface area (Å²) in [6.07, 6.45) is 3.05. The first-order valence-corrected chi connectivity index (χ1v) is 12.0. The number of piperidine rings is 1. The Morgan fingerprint density at radius 1 is 1.12 bits per heavy atom. The molecular formula is C28H35N3O3. The Kier molecular flexibility index (Phi) is 7.10. The van der Waals surface area contributed by atoms with E-state index in [0.717, 1.165) is 60.7 Å². The lowest BCUT2D eigenvalue weighted by molar-refractivity contribution is -0.00733. The number of likely N-dealkylation sites (tertiary alicyclic amines) is 1. The SMILES string of the molecule is CN1CCC2(CC1)Oc1ccccc1-n1c(CN)ccc12.Cc1cc(C=O)ccc1OC(C)C. The molecule has 2 aliphatic rings. The van der Waals surface area contributed by atoms with Gasteiger partial charge in [0, 0.05) is 43.7 Å². The first-order chi connectivity index (χ1) is 16.4. The molecule has 0 unspecified atom stereocenters. The van der Waals surface area contributed by atoms with Crippen LogP contribution in [0.2, 0.25) is 0 Å². The van der Waals surface area contributed by atoms with Gasteiger partial charge in [0.25, 0.3) is 0 Å². The fraction of sp³-hybridized carbons (Fsp3) is 0.393. The van der Waals surface area contributed by atoms with Crippen LogP contribution < -0.4 is 15.2 Å². The van der Waals surface area contributed by atoms with Crippen molar-refractivity contribution in [3.8, 4) is 17.2 Å². The van der Waals surface area contributed by atoms with Gasteiger partial charge in [0.15, 0.2) is 5.60 Å². The van der Waals surface area contributed by atoms with E-state index in [-0.39, 0.29) is 11.7 Å². The summed E-state index contributed by atoms with van der Waals surface area (Å²) in [6.45, 7) is 8.56. The Labute approximate surface area is 202 Å². The number of aromatic nitrogens is 1. The number of carbonyl (C=O) groups is 1. The number of aryl methyl sites for hydroxylation is 1. The summed E-state index contributed by atoms with van der Waals surface area (Å²) in [4.78, 5) is 12.8. The van der Waals surface area contributed by atoms with E-state index in [4.69, 9.17) is 15.2 Å². The molecule has 2 aromatic carbocycles. The fourth-order valence-corrected chi connectivity index (χ4v) is 4.74. The zero-order valence-electron chi connectivity index (χ0n) is 20.6. The molecule has 34 heavy (non-hydrogen) atoms. The number of fused-ring (bicyclic) bond motifs is 4. The number of benzene rings is 2. The highest BCUT2D eigenvalue weighted by Crippen LogP contribution is 2.45. The molecule has 0 atom stereocenters. The minimum atomic E-state index is -0.200. The molecule has 0 saturated carbocycles. The molecule has 2 aliphatic heterocycles. The smallest absolute Gasteiger partial charge is 0.152 e. The molecule has 6 nitrogen and oxygen atoms in total. The van der Waals surface area contributed by atoms with Crippen LogP contribution in [0.5, 0.6) is 11.5 Å². The Morgan fingerprint density at radius 3 is 2.50 bits per heavy atom. The zero-order valence-corrected chi connectivity index (χ0v) is 20.6. The largest absolute Gasteiger partial charge is 0.491 e. The predicted octanol–water partition coefficient (Wildman–Crippen LogP) is 4.84. The zero-order chi connectivity index (χ0) is 24.3. The van der Waals surface area contributed by atoms with Gasteiger partial charge in [-0.25, -0.2) is 0 Å². The van der Waals surface area contributed by atoms with Gasteiger partial charge in [0.05, 0.1) is 17.5 Å². The van der Waals surface area contributed by atoms with Crippen LogP contribution in [0.3, 0.4) is 0 Å². The Hall–Kier alpha value is -3.09. The van der Waals surface area contributed by atoms with Crippen LogP contribution in [0.15, 0.2) is 54.6 Å². The van der Waals surface area contributed by atoms with Crippen molar-refractivity contribution in [2.24, 2.45) is 5.73 Å². The van der Waals surface area contributed by atoms with Crippen molar-refractivity contribution in [3.05, 3.63) is 77.1 Å². The summed E-state index contributed by atoms with van der Waals surface area (Å²) in [5.74, 6) is 1.82. The van der Waals surface area contributed by atoms with Crippen LogP contribution in [-0.2, 0) is 12.1 Å². The summed E-state index contributed by atoms with van der Waals surface area (Å²) >= 11 is 0. The second kappa shape index (κ2) is 10.0. The number of rotatable bonds is 4. The first kappa shape index (κ1) is 24.0. The first-order valence-electron chi connectivity index (χ1n) is 12.0. The highest BCUT2D eigenvalue weighted by molar-refractivity contribution is 5.75. The second-order valence-electron chi connectivity index (χ2n) is 9.43. The monoisotopic (exact) mass is 461 g/mol. The van der Waals surface area contributed by atoms with Crippen molar-refractivity contribution in [2.45, 2.75) is 51.9 Å². The molecular weight excluding hydrogens is 426 g/mol. The predicted molar refractivity (Wildman–Crippen MR) is 135 cm³/mol. The quantitative estimate of drug-likeness (QED) is 0.563. The lowest BCUT2D eigenvalue weighted by Crippen LogP contribution is -2.47. The Bertz CT molecular complexity index is 1140. The van der Waals surface area contributed by atoms with E-state index in [9.17, 15) is 4.79 Å². The molecule has 1 spiro atoms. The average Bonchev–Trinajstić information content (AvgIpc) is 3.28. The lowest BCUT2D eigenvalue weighted by atomic mass is 9.86. The van der Waals surface area contributed by atoms with Crippen molar-refractivity contribution in [1.82, 2.24) is 9.47 Å². The molecule has 0 amide bonds. The summed E-state index contributed by atoms with van der Waals surface area (Å²) < 4.78 is 14.3. The van der Waals surface area contributed by atoms with Crippen molar-refractivity contribution >= 4 is 6.29 Å². The number of nitrogens with zero attached hydrogens (tertiary/aromatic N) is 2. The summed E-state index contributed by atoms with van der Waals surface area (Å²) in [7, 11) is 2.17. The van der Waals surface area contributed by atoms with Crippen molar-refractivity contribution < 1.29 is 14.3 Å². The highest BCUT2D eigenvalue weighted by atomic mass is 16.5. The van der Waals surface area contributed by atoms with Crippen LogP contribution in [0.1, 0.15) is 54.0 Å². The molecule has 2 N–H and O–H groups in total. The molecule has 3 heterocycles. The van der Waals surface area contributed by atoms with Crippen LogP contribution in [0, 0.1) is 6.92 Å². The summed E-state index contributed by atoms with van der Waals surface area (Å²) in [6, 6.07) is 18.0. The molecule has 3 aromatic rings. The van der Waals surface area contributed by atoms with Crippen LogP contribution >= 0.6 is 0 Å². The van der Waals surface area contributed by atoms with Crippen LogP contribution in [-0.4, -0.2) is 42.0 Å². The number of hydrogen-bond acceptors (Lipinski definition) is 5. The summed E-state index contributed by atoms with van der Waals surface area (Å²) in [5, 5.41) is 0. The summed E-state index contributed by atoms with van der Waals surface area (Å²) in [5.41, 5.74) is 11.0. The van der Waals surface area contributed by atoms with Gasteiger partial charge in [-0.1, -0.05) is 12.1 Å². The minimum Gasteiger partial charge on any atom is -0.491 e. The van der Waals surface area contributed by atoms with Gasteiger partial charge < -0.3 is 24.7 Å². The van der Waals surface area contributed by atoms with E-state index in [0.29, 0.717) is 12.1 Å². The van der Waals surface area contributed by atoms with E-state index < -0.39 is 0 Å². The number of carbonyl (C=O) groups excluding carboxylic acids is 1. The molecule has 5 rings (SSSR count). The molecule has 1 aromatic heterocycles. The molecule has 0 aliphatic carbocycles. The van der Waals surface area contributed by atoms with Gasteiger partial charge in [-0.05, 0) is 75.8 Å². The Balaban J connectivity index is 0.000000182. The van der Waals surface area contributed by atoms with E-state index >= 15 is 0 Å². The normalized spacial score (nSPS) is 16.2. The third-order valence-electron chi connectivity index (χ3n) is 6.54. The number of hydrogen-bond donors (Lipinski definition) is 1. The average molecular weight is 462 g/mol. The standard InChI is InChI=1S/C17H21N3O.C11H14O2/c1-19-10-8-17(9-11-19)16-7-6-13(12-18)20(16)14-4-2-3-5-15(14)21-17;1-8(2)13-11-5-4-10(7-12)6-9(11)3/h2-7H,8-12,18H2,1H3;4-8H,1-3H3. The van der Waals surface area contributed by atoms with Gasteiger partial charge in [-0.15, -0.1) is 0 Å². The topological polar surface area (TPSA) is 69.7 Å². The van der Waals surface area contributed by atoms with E-state index in [1.54, 1.807) is 6.07 Å². The molecule has 1 saturated heterocycles. The highest BCUT2D eigenvalue weighted by Gasteiger charge is 2.43. The fourth-order valence-electron chi connectivity index (χ4n) is 4.74. The maximum Gasteiger partial charge on any atom is 0.152 e.